The molecule has 0 spiro atoms. The molecule has 0 aromatic heterocycles. The number of esters is 2. The Morgan fingerprint density at radius 3 is 1.34 bits per heavy atom. The van der Waals surface area contributed by atoms with Crippen molar-refractivity contribution in [2.45, 2.75) is 238 Å². The van der Waals surface area contributed by atoms with Crippen molar-refractivity contribution < 1.29 is 37.6 Å². The van der Waals surface area contributed by atoms with Gasteiger partial charge in [-0.25, -0.2) is 4.57 Å². The molecule has 0 fully saturated rings. The Morgan fingerprint density at radius 1 is 0.508 bits per heavy atom. The van der Waals surface area contributed by atoms with Crippen LogP contribution in [0.4, 0.5) is 0 Å². The number of hydrogen-bond donors (Lipinski definition) is 2. The Kier molecular flexibility index (Phi) is 44.4. The Hall–Kier alpha value is -1.77. The van der Waals surface area contributed by atoms with Gasteiger partial charge in [0.2, 0.25) is 0 Å². The van der Waals surface area contributed by atoms with Crippen molar-refractivity contribution in [2.24, 2.45) is 5.73 Å². The minimum atomic E-state index is -4.38. The van der Waals surface area contributed by atoms with Crippen LogP contribution in [0.2, 0.25) is 0 Å². The molecular weight excluding hydrogens is 762 g/mol. The maximum Gasteiger partial charge on any atom is 0.472 e. The first-order valence-electron chi connectivity index (χ1n) is 24.5. The summed E-state index contributed by atoms with van der Waals surface area (Å²) in [6, 6.07) is 0. The van der Waals surface area contributed by atoms with Gasteiger partial charge in [-0.1, -0.05) is 204 Å². The fraction of sp³-hybridized carbons (Fsp3) is 0.837. The number of hydrogen-bond acceptors (Lipinski definition) is 8. The Labute approximate surface area is 363 Å². The third-order valence-electron chi connectivity index (χ3n) is 10.5. The summed E-state index contributed by atoms with van der Waals surface area (Å²) < 4.78 is 32.9. The van der Waals surface area contributed by atoms with E-state index in [2.05, 4.69) is 50.3 Å². The smallest absolute Gasteiger partial charge is 0.462 e. The topological polar surface area (TPSA) is 134 Å². The summed E-state index contributed by atoms with van der Waals surface area (Å²) in [5.41, 5.74) is 5.36. The molecule has 9 nitrogen and oxygen atoms in total. The van der Waals surface area contributed by atoms with E-state index in [1.165, 1.54) is 128 Å². The summed E-state index contributed by atoms with van der Waals surface area (Å²) in [6.45, 7) is 3.72. The zero-order chi connectivity index (χ0) is 43.2. The Balaban J connectivity index is 4.09. The van der Waals surface area contributed by atoms with Crippen LogP contribution in [0.15, 0.2) is 36.5 Å². The first-order chi connectivity index (χ1) is 28.8. The molecule has 59 heavy (non-hydrogen) atoms. The zero-order valence-corrected chi connectivity index (χ0v) is 39.1. The number of nitrogens with two attached hydrogens (primary N) is 1. The first kappa shape index (κ1) is 57.2. The first-order valence-corrected chi connectivity index (χ1v) is 26.0. The fourth-order valence-electron chi connectivity index (χ4n) is 6.88. The molecule has 0 aromatic rings. The third kappa shape index (κ3) is 45.6. The average molecular weight is 854 g/mol. The van der Waals surface area contributed by atoms with Crippen LogP contribution in [0.25, 0.3) is 0 Å². The lowest BCUT2D eigenvalue weighted by molar-refractivity contribution is -0.161. The predicted molar refractivity (Wildman–Crippen MR) is 247 cm³/mol. The molecule has 0 amide bonds. The van der Waals surface area contributed by atoms with Gasteiger partial charge >= 0.3 is 19.8 Å². The van der Waals surface area contributed by atoms with Crippen molar-refractivity contribution in [3.63, 3.8) is 0 Å². The van der Waals surface area contributed by atoms with Gasteiger partial charge in [0.1, 0.15) is 6.61 Å². The number of unbranched alkanes of at least 4 members (excludes halogenated alkanes) is 27. The molecule has 0 saturated carbocycles. The van der Waals surface area contributed by atoms with Crippen LogP contribution in [0.3, 0.4) is 0 Å². The van der Waals surface area contributed by atoms with E-state index in [0.717, 1.165) is 70.6 Å². The van der Waals surface area contributed by atoms with Crippen LogP contribution >= 0.6 is 7.82 Å². The number of rotatable bonds is 46. The van der Waals surface area contributed by atoms with Gasteiger partial charge in [-0.3, -0.25) is 18.6 Å². The molecule has 10 heteroatoms. The van der Waals surface area contributed by atoms with Crippen LogP contribution in [-0.4, -0.2) is 49.3 Å². The van der Waals surface area contributed by atoms with E-state index in [0.29, 0.717) is 6.42 Å². The monoisotopic (exact) mass is 854 g/mol. The highest BCUT2D eigenvalue weighted by Gasteiger charge is 2.26. The van der Waals surface area contributed by atoms with Crippen LogP contribution < -0.4 is 5.73 Å². The summed E-state index contributed by atoms with van der Waals surface area (Å²) in [5.74, 6) is -0.834. The molecule has 0 bridgehead atoms. The molecule has 0 saturated heterocycles. The third-order valence-corrected chi connectivity index (χ3v) is 11.5. The normalized spacial score (nSPS) is 13.5. The van der Waals surface area contributed by atoms with E-state index in [1.54, 1.807) is 0 Å². The predicted octanol–water partition coefficient (Wildman–Crippen LogP) is 14.5. The van der Waals surface area contributed by atoms with E-state index in [9.17, 15) is 19.0 Å². The summed E-state index contributed by atoms with van der Waals surface area (Å²) in [7, 11) is -4.38. The zero-order valence-electron chi connectivity index (χ0n) is 38.2. The van der Waals surface area contributed by atoms with Gasteiger partial charge in [0.05, 0.1) is 13.2 Å². The molecule has 0 aromatic carbocycles. The molecule has 0 aliphatic rings. The average Bonchev–Trinajstić information content (AvgIpc) is 3.22. The number of phosphoric ester groups is 1. The quantitative estimate of drug-likeness (QED) is 0.0265. The molecule has 3 N–H and O–H groups in total. The van der Waals surface area contributed by atoms with Crippen LogP contribution in [0.5, 0.6) is 0 Å². The van der Waals surface area contributed by atoms with Gasteiger partial charge in [-0.05, 0) is 51.4 Å². The van der Waals surface area contributed by atoms with E-state index >= 15 is 0 Å². The van der Waals surface area contributed by atoms with Crippen molar-refractivity contribution in [2.75, 3.05) is 26.4 Å². The molecular formula is C49H92NO8P. The molecule has 2 atom stereocenters. The molecule has 0 rings (SSSR count). The van der Waals surface area contributed by atoms with Gasteiger partial charge in [0.25, 0.3) is 0 Å². The van der Waals surface area contributed by atoms with E-state index < -0.39 is 26.5 Å². The van der Waals surface area contributed by atoms with Crippen molar-refractivity contribution in [1.82, 2.24) is 0 Å². The highest BCUT2D eigenvalue weighted by molar-refractivity contribution is 7.47. The van der Waals surface area contributed by atoms with Gasteiger partial charge in [0, 0.05) is 19.4 Å². The molecule has 0 aliphatic carbocycles. The van der Waals surface area contributed by atoms with E-state index in [-0.39, 0.29) is 38.6 Å². The van der Waals surface area contributed by atoms with Gasteiger partial charge in [-0.15, -0.1) is 0 Å². The van der Waals surface area contributed by atoms with Gasteiger partial charge in [0.15, 0.2) is 6.10 Å². The molecule has 346 valence electrons. The number of carbonyl (C=O) groups is 2. The largest absolute Gasteiger partial charge is 0.472 e. The molecule has 2 unspecified atom stereocenters. The van der Waals surface area contributed by atoms with Crippen molar-refractivity contribution >= 4 is 19.8 Å². The van der Waals surface area contributed by atoms with Gasteiger partial charge < -0.3 is 20.1 Å². The maximum atomic E-state index is 12.6. The minimum absolute atomic E-state index is 0.0516. The van der Waals surface area contributed by atoms with Gasteiger partial charge in [-0.2, -0.15) is 0 Å². The number of allylic oxidation sites excluding steroid dienone is 6. The lowest BCUT2D eigenvalue weighted by atomic mass is 10.0. The van der Waals surface area contributed by atoms with E-state index in [1.807, 2.05) is 0 Å². The molecule has 0 aliphatic heterocycles. The summed E-state index contributed by atoms with van der Waals surface area (Å²) in [4.78, 5) is 35.0. The van der Waals surface area contributed by atoms with Crippen LogP contribution in [0, 0.1) is 0 Å². The minimum Gasteiger partial charge on any atom is -0.462 e. The lowest BCUT2D eigenvalue weighted by Gasteiger charge is -2.19. The number of ether oxygens (including phenoxy) is 2. The SMILES string of the molecule is CCCCC/C=C\C/C=C\C/C=C\CCCCCCCCC(=O)OC(COC(=O)CCCCCCCCCCCCCCCCCCCCC)COP(=O)(O)OCCN. The number of carbonyl (C=O) groups excluding carboxylic acids is 2. The lowest BCUT2D eigenvalue weighted by Crippen LogP contribution is -2.29. The second-order valence-corrected chi connectivity index (χ2v) is 17.8. The summed E-state index contributed by atoms with van der Waals surface area (Å²) >= 11 is 0. The maximum absolute atomic E-state index is 12.6. The standard InChI is InChI=1S/C49H92NO8P/c1-3-5-7-9-11-13-15-17-19-21-23-25-27-29-31-33-35-37-39-41-48(51)55-45-47(46-57-59(53,54)56-44-43-50)58-49(52)42-40-38-36-34-32-30-28-26-24-22-20-18-16-14-12-10-8-6-4-2/h12,14,18,20,24,26,47H,3-11,13,15-17,19,21-23,25,27-46,50H2,1-2H3,(H,53,54)/b14-12-,20-18-,26-24-. The summed E-state index contributed by atoms with van der Waals surface area (Å²) in [6.07, 6.45) is 51.7. The Morgan fingerprint density at radius 2 is 0.881 bits per heavy atom. The van der Waals surface area contributed by atoms with Crippen molar-refractivity contribution in [3.8, 4) is 0 Å². The van der Waals surface area contributed by atoms with Crippen LogP contribution in [0.1, 0.15) is 232 Å². The highest BCUT2D eigenvalue weighted by Crippen LogP contribution is 2.43. The fourth-order valence-corrected chi connectivity index (χ4v) is 7.64. The Bertz CT molecular complexity index is 1060. The van der Waals surface area contributed by atoms with Crippen molar-refractivity contribution in [1.29, 1.82) is 0 Å². The number of phosphoric acid groups is 1. The highest BCUT2D eigenvalue weighted by atomic mass is 31.2. The molecule has 0 radical (unpaired) electrons. The second-order valence-electron chi connectivity index (χ2n) is 16.3. The van der Waals surface area contributed by atoms with E-state index in [4.69, 9.17) is 24.3 Å². The van der Waals surface area contributed by atoms with Crippen LogP contribution in [-0.2, 0) is 32.7 Å². The molecule has 0 heterocycles. The van der Waals surface area contributed by atoms with Crippen molar-refractivity contribution in [3.05, 3.63) is 36.5 Å². The second kappa shape index (κ2) is 45.7. The summed E-state index contributed by atoms with van der Waals surface area (Å²) in [5, 5.41) is 0.